The van der Waals surface area contributed by atoms with E-state index < -0.39 is 17.6 Å². The van der Waals surface area contributed by atoms with Crippen molar-refractivity contribution in [3.05, 3.63) is 64.4 Å². The van der Waals surface area contributed by atoms with Gasteiger partial charge in [-0.15, -0.1) is 0 Å². The van der Waals surface area contributed by atoms with Crippen molar-refractivity contribution in [2.24, 2.45) is 0 Å². The molecule has 0 atom stereocenters. The summed E-state index contributed by atoms with van der Waals surface area (Å²) < 4.78 is 33.2. The van der Waals surface area contributed by atoms with E-state index in [0.717, 1.165) is 37.1 Å². The molecule has 1 saturated heterocycles. The Kier molecular flexibility index (Phi) is 4.58. The lowest BCUT2D eigenvalue weighted by atomic mass is 9.92. The molecule has 0 unspecified atom stereocenters. The van der Waals surface area contributed by atoms with E-state index in [1.807, 2.05) is 0 Å². The van der Waals surface area contributed by atoms with Gasteiger partial charge < -0.3 is 9.42 Å². The van der Waals surface area contributed by atoms with E-state index >= 15 is 0 Å². The molecule has 2 amide bonds. The first-order valence-corrected chi connectivity index (χ1v) is 9.95. The number of nitrogens with one attached hydrogen (secondary N) is 1. The number of fused-ring (bicyclic) bond motifs is 2. The van der Waals surface area contributed by atoms with E-state index in [9.17, 15) is 18.4 Å². The summed E-state index contributed by atoms with van der Waals surface area (Å²) in [6.07, 6.45) is 2.04. The number of nitrogens with zero attached hydrogens (tertiary/aromatic N) is 2. The van der Waals surface area contributed by atoms with Gasteiger partial charge in [-0.2, -0.15) is 0 Å². The topological polar surface area (TPSA) is 75.4 Å². The first-order chi connectivity index (χ1) is 14.5. The van der Waals surface area contributed by atoms with Crippen molar-refractivity contribution in [2.45, 2.75) is 25.2 Å². The quantitative estimate of drug-likeness (QED) is 0.666. The SMILES string of the molecule is O=C1NC(=O)c2c1ccc(F)c2CCN1CCC(c2onc3cc(F)ccc23)CC1. The first-order valence-electron chi connectivity index (χ1n) is 9.95. The highest BCUT2D eigenvalue weighted by Crippen LogP contribution is 2.33. The van der Waals surface area contributed by atoms with E-state index in [2.05, 4.69) is 15.4 Å². The molecule has 0 bridgehead atoms. The third-order valence-corrected chi connectivity index (χ3v) is 6.06. The monoisotopic (exact) mass is 411 g/mol. The van der Waals surface area contributed by atoms with Crippen LogP contribution in [0, 0.1) is 11.6 Å². The van der Waals surface area contributed by atoms with Crippen molar-refractivity contribution in [2.75, 3.05) is 19.6 Å². The van der Waals surface area contributed by atoms with Gasteiger partial charge in [0.2, 0.25) is 0 Å². The van der Waals surface area contributed by atoms with Crippen LogP contribution in [-0.4, -0.2) is 41.5 Å². The van der Waals surface area contributed by atoms with Gasteiger partial charge >= 0.3 is 0 Å². The third-order valence-electron chi connectivity index (χ3n) is 6.06. The van der Waals surface area contributed by atoms with E-state index in [0.29, 0.717) is 24.0 Å². The Balaban J connectivity index is 1.25. The second-order valence-electron chi connectivity index (χ2n) is 7.81. The largest absolute Gasteiger partial charge is 0.360 e. The molecule has 0 aliphatic carbocycles. The average molecular weight is 411 g/mol. The maximum Gasteiger partial charge on any atom is 0.259 e. The van der Waals surface area contributed by atoms with Crippen LogP contribution < -0.4 is 5.32 Å². The van der Waals surface area contributed by atoms with E-state index in [4.69, 9.17) is 4.52 Å². The van der Waals surface area contributed by atoms with Gasteiger partial charge in [-0.3, -0.25) is 14.9 Å². The van der Waals surface area contributed by atoms with Crippen molar-refractivity contribution >= 4 is 22.7 Å². The minimum atomic E-state index is -0.531. The van der Waals surface area contributed by atoms with Gasteiger partial charge in [0.1, 0.15) is 22.9 Å². The number of amides is 2. The van der Waals surface area contributed by atoms with Crippen molar-refractivity contribution in [3.63, 3.8) is 0 Å². The minimum Gasteiger partial charge on any atom is -0.360 e. The number of carbonyl (C=O) groups is 2. The van der Waals surface area contributed by atoms with Gasteiger partial charge in [-0.25, -0.2) is 8.78 Å². The number of aromatic nitrogens is 1. The molecule has 0 saturated carbocycles. The summed E-state index contributed by atoms with van der Waals surface area (Å²) in [5, 5.41) is 7.04. The molecule has 6 nitrogen and oxygen atoms in total. The highest BCUT2D eigenvalue weighted by atomic mass is 19.1. The Hall–Kier alpha value is -3.13. The number of imide groups is 1. The van der Waals surface area contributed by atoms with Crippen LogP contribution in [0.2, 0.25) is 0 Å². The Bertz CT molecular complexity index is 1170. The highest BCUT2D eigenvalue weighted by Gasteiger charge is 2.31. The normalized spacial score (nSPS) is 17.5. The summed E-state index contributed by atoms with van der Waals surface area (Å²) in [5.74, 6) is -0.835. The van der Waals surface area contributed by atoms with Crippen LogP contribution in [0.25, 0.3) is 10.9 Å². The molecule has 8 heteroatoms. The molecule has 154 valence electrons. The number of hydrogen-bond donors (Lipinski definition) is 1. The molecule has 1 N–H and O–H groups in total. The number of benzene rings is 2. The molecule has 3 aromatic rings. The van der Waals surface area contributed by atoms with Crippen molar-refractivity contribution in [1.82, 2.24) is 15.4 Å². The molecule has 0 radical (unpaired) electrons. The molecular weight excluding hydrogens is 392 g/mol. The van der Waals surface area contributed by atoms with E-state index in [1.54, 1.807) is 6.07 Å². The Labute approximate surface area is 170 Å². The summed E-state index contributed by atoms with van der Waals surface area (Å²) in [4.78, 5) is 26.1. The fourth-order valence-corrected chi connectivity index (χ4v) is 4.47. The van der Waals surface area contributed by atoms with Crippen molar-refractivity contribution in [3.8, 4) is 0 Å². The zero-order valence-electron chi connectivity index (χ0n) is 16.1. The molecule has 1 fully saturated rings. The number of halogens is 2. The van der Waals surface area contributed by atoms with Gasteiger partial charge in [0.05, 0.1) is 11.1 Å². The van der Waals surface area contributed by atoms with Crippen LogP contribution in [0.1, 0.15) is 50.8 Å². The summed E-state index contributed by atoms with van der Waals surface area (Å²) in [6.45, 7) is 2.16. The first kappa shape index (κ1) is 18.9. The Morgan fingerprint density at radius 1 is 1.10 bits per heavy atom. The number of hydrogen-bond acceptors (Lipinski definition) is 5. The molecule has 1 aromatic heterocycles. The third kappa shape index (κ3) is 3.17. The van der Waals surface area contributed by atoms with Gasteiger partial charge in [-0.1, -0.05) is 5.16 Å². The molecular formula is C22H19F2N3O3. The zero-order chi connectivity index (χ0) is 20.8. The molecule has 5 rings (SSSR count). The molecule has 30 heavy (non-hydrogen) atoms. The summed E-state index contributed by atoms with van der Waals surface area (Å²) in [5.41, 5.74) is 1.22. The zero-order valence-corrected chi connectivity index (χ0v) is 16.1. The smallest absolute Gasteiger partial charge is 0.259 e. The highest BCUT2D eigenvalue weighted by molar-refractivity contribution is 6.22. The maximum atomic E-state index is 14.4. The van der Waals surface area contributed by atoms with Crippen molar-refractivity contribution < 1.29 is 22.9 Å². The van der Waals surface area contributed by atoms with Crippen LogP contribution in [0.4, 0.5) is 8.78 Å². The minimum absolute atomic E-state index is 0.162. The van der Waals surface area contributed by atoms with Crippen LogP contribution in [0.5, 0.6) is 0 Å². The predicted octanol–water partition coefficient (Wildman–Crippen LogP) is 3.41. The van der Waals surface area contributed by atoms with Crippen LogP contribution in [0.15, 0.2) is 34.9 Å². The Morgan fingerprint density at radius 2 is 1.90 bits per heavy atom. The Morgan fingerprint density at radius 3 is 2.70 bits per heavy atom. The summed E-state index contributed by atoms with van der Waals surface area (Å²) in [7, 11) is 0. The van der Waals surface area contributed by atoms with Crippen LogP contribution >= 0.6 is 0 Å². The molecule has 2 aliphatic rings. The van der Waals surface area contributed by atoms with Crippen LogP contribution in [0.3, 0.4) is 0 Å². The fraction of sp³-hybridized carbons (Fsp3) is 0.318. The average Bonchev–Trinajstić information content (AvgIpc) is 3.28. The number of carbonyl (C=O) groups excluding carboxylic acids is 2. The standard InChI is InChI=1S/C22H19F2N3O3/c23-13-1-2-15-18(11-13)26-30-20(15)12-5-8-27(9-6-12)10-7-14-17(24)4-3-16-19(14)22(29)25-21(16)28/h1-4,11-12H,5-10H2,(H,25,28,29). The predicted molar refractivity (Wildman–Crippen MR) is 104 cm³/mol. The number of piperidine rings is 1. The fourth-order valence-electron chi connectivity index (χ4n) is 4.47. The van der Waals surface area contributed by atoms with E-state index in [1.165, 1.54) is 24.3 Å². The lowest BCUT2D eigenvalue weighted by molar-refractivity contribution is 0.0879. The second kappa shape index (κ2) is 7.28. The van der Waals surface area contributed by atoms with E-state index in [-0.39, 0.29) is 22.9 Å². The molecule has 0 spiro atoms. The van der Waals surface area contributed by atoms with Gasteiger partial charge in [0.25, 0.3) is 11.8 Å². The lowest BCUT2D eigenvalue weighted by Crippen LogP contribution is -2.34. The maximum absolute atomic E-state index is 14.4. The molecule has 2 aromatic carbocycles. The molecule has 3 heterocycles. The second-order valence-corrected chi connectivity index (χ2v) is 7.81. The van der Waals surface area contributed by atoms with Gasteiger partial charge in [0, 0.05) is 29.5 Å². The van der Waals surface area contributed by atoms with Crippen LogP contribution in [-0.2, 0) is 6.42 Å². The number of rotatable bonds is 4. The lowest BCUT2D eigenvalue weighted by Gasteiger charge is -2.31. The summed E-state index contributed by atoms with van der Waals surface area (Å²) in [6, 6.07) is 7.08. The van der Waals surface area contributed by atoms with Crippen molar-refractivity contribution in [1.29, 1.82) is 0 Å². The summed E-state index contributed by atoms with van der Waals surface area (Å²) >= 11 is 0. The van der Waals surface area contributed by atoms with Gasteiger partial charge in [0.15, 0.2) is 0 Å². The van der Waals surface area contributed by atoms with Gasteiger partial charge in [-0.05, 0) is 56.6 Å². The molecule has 2 aliphatic heterocycles. The number of likely N-dealkylation sites (tertiary alicyclic amines) is 1.